The summed E-state index contributed by atoms with van der Waals surface area (Å²) in [4.78, 5) is 18.5. The molecule has 0 radical (unpaired) electrons. The second kappa shape index (κ2) is 8.43. The number of ether oxygens (including phenoxy) is 1. The third-order valence-electron chi connectivity index (χ3n) is 3.55. The number of hydrogen-bond acceptors (Lipinski definition) is 6. The van der Waals surface area contributed by atoms with E-state index in [0.29, 0.717) is 10.7 Å². The van der Waals surface area contributed by atoms with Gasteiger partial charge in [0.1, 0.15) is 12.3 Å². The van der Waals surface area contributed by atoms with Crippen molar-refractivity contribution in [3.63, 3.8) is 0 Å². The van der Waals surface area contributed by atoms with E-state index in [4.69, 9.17) is 5.73 Å². The van der Waals surface area contributed by atoms with E-state index in [0.717, 1.165) is 12.3 Å². The first-order chi connectivity index (χ1) is 14.2. The minimum absolute atomic E-state index is 0.153. The van der Waals surface area contributed by atoms with E-state index < -0.39 is 59.7 Å². The zero-order valence-corrected chi connectivity index (χ0v) is 14.8. The molecule has 0 unspecified atom stereocenters. The van der Waals surface area contributed by atoms with Crippen molar-refractivity contribution in [1.29, 1.82) is 0 Å². The lowest BCUT2D eigenvalue weighted by atomic mass is 10.1. The molecule has 0 bridgehead atoms. The van der Waals surface area contributed by atoms with Gasteiger partial charge in [-0.05, 0) is 0 Å². The molecular formula is C15H10F9N5O2. The summed E-state index contributed by atoms with van der Waals surface area (Å²) in [6, 6.07) is 0.761. The maximum absolute atomic E-state index is 13.5. The van der Waals surface area contributed by atoms with E-state index >= 15 is 0 Å². The zero-order chi connectivity index (χ0) is 23.6. The smallest absolute Gasteiger partial charge is 0.455 e. The van der Waals surface area contributed by atoms with Crippen LogP contribution in [0.5, 0.6) is 5.75 Å². The van der Waals surface area contributed by atoms with Gasteiger partial charge in [0.15, 0.2) is 11.3 Å². The van der Waals surface area contributed by atoms with Crippen LogP contribution in [0.2, 0.25) is 0 Å². The molecule has 0 aliphatic heterocycles. The molecule has 7 nitrogen and oxygen atoms in total. The number of fused-ring (bicyclic) bond motifs is 1. The molecule has 0 saturated heterocycles. The summed E-state index contributed by atoms with van der Waals surface area (Å²) in [5.41, 5.74) is -1.19. The molecule has 2 heterocycles. The molecule has 0 fully saturated rings. The van der Waals surface area contributed by atoms with Crippen molar-refractivity contribution < 1.29 is 44.3 Å². The fourth-order valence-electron chi connectivity index (χ4n) is 2.16. The number of halogens is 9. The van der Waals surface area contributed by atoms with Crippen molar-refractivity contribution >= 4 is 17.4 Å². The number of aromatic nitrogens is 3. The van der Waals surface area contributed by atoms with Gasteiger partial charge in [-0.15, -0.1) is 0 Å². The van der Waals surface area contributed by atoms with Crippen molar-refractivity contribution in [1.82, 2.24) is 14.6 Å². The Labute approximate surface area is 165 Å². The largest absolute Gasteiger partial charge is 0.461 e. The molecule has 2 aromatic rings. The highest BCUT2D eigenvalue weighted by atomic mass is 19.4. The van der Waals surface area contributed by atoms with Gasteiger partial charge in [0.05, 0.1) is 11.8 Å². The standard InChI is InChI=1S/C15H10F9N5O2/c16-6-31-8-1-9-28-11(14(19,20)21)10(12(30)29(9)27-4-8)7(2-25)3-26-5-13(17,18)15(22,23)24/h1-4H,5-6,25H2. The fraction of sp³-hybridized carbons (Fsp3) is 0.333. The summed E-state index contributed by atoms with van der Waals surface area (Å²) < 4.78 is 120. The highest BCUT2D eigenvalue weighted by Crippen LogP contribution is 2.36. The summed E-state index contributed by atoms with van der Waals surface area (Å²) >= 11 is 0. The minimum Gasteiger partial charge on any atom is -0.461 e. The quantitative estimate of drug-likeness (QED) is 0.525. The van der Waals surface area contributed by atoms with E-state index in [1.54, 1.807) is 0 Å². The van der Waals surface area contributed by atoms with E-state index in [9.17, 15) is 44.3 Å². The first-order valence-electron chi connectivity index (χ1n) is 7.78. The Balaban J connectivity index is 2.63. The average Bonchev–Trinajstić information content (AvgIpc) is 2.64. The van der Waals surface area contributed by atoms with Gasteiger partial charge < -0.3 is 10.5 Å². The molecule has 0 saturated carbocycles. The van der Waals surface area contributed by atoms with Crippen LogP contribution in [0.4, 0.5) is 39.5 Å². The van der Waals surface area contributed by atoms with Crippen LogP contribution in [0.25, 0.3) is 11.2 Å². The van der Waals surface area contributed by atoms with Crippen LogP contribution in [0.3, 0.4) is 0 Å². The third-order valence-corrected chi connectivity index (χ3v) is 3.55. The third kappa shape index (κ3) is 5.05. The topological polar surface area (TPSA) is 94.9 Å². The molecular weight excluding hydrogens is 453 g/mol. The number of hydrogen-bond donors (Lipinski definition) is 1. The Bertz CT molecular complexity index is 1070. The van der Waals surface area contributed by atoms with Crippen molar-refractivity contribution in [2.45, 2.75) is 18.3 Å². The molecule has 0 spiro atoms. The van der Waals surface area contributed by atoms with Gasteiger partial charge in [-0.1, -0.05) is 0 Å². The predicted octanol–water partition coefficient (Wildman–Crippen LogP) is 2.98. The summed E-state index contributed by atoms with van der Waals surface area (Å²) in [5.74, 6) is -5.64. The van der Waals surface area contributed by atoms with E-state index in [-0.39, 0.29) is 12.0 Å². The Morgan fingerprint density at radius 3 is 2.35 bits per heavy atom. The molecule has 0 aliphatic carbocycles. The van der Waals surface area contributed by atoms with Gasteiger partial charge in [-0.25, -0.2) is 9.37 Å². The Hall–Kier alpha value is -3.33. The maximum atomic E-state index is 13.5. The fourth-order valence-corrected chi connectivity index (χ4v) is 2.16. The second-order valence-corrected chi connectivity index (χ2v) is 5.65. The SMILES string of the molecule is NC=C(C=NCC(F)(F)C(F)(F)F)c1c(C(F)(F)F)nc2cc(OCF)cnn2c1=O. The van der Waals surface area contributed by atoms with E-state index in [1.165, 1.54) is 0 Å². The molecule has 2 rings (SSSR count). The van der Waals surface area contributed by atoms with E-state index in [1.807, 2.05) is 0 Å². The second-order valence-electron chi connectivity index (χ2n) is 5.65. The van der Waals surface area contributed by atoms with Crippen LogP contribution in [-0.2, 0) is 6.18 Å². The number of aliphatic imine (C=N–C) groups is 1. The maximum Gasteiger partial charge on any atom is 0.455 e. The molecule has 16 heteroatoms. The van der Waals surface area contributed by atoms with Crippen molar-refractivity contribution in [2.24, 2.45) is 10.7 Å². The van der Waals surface area contributed by atoms with Crippen LogP contribution in [-0.4, -0.2) is 46.3 Å². The van der Waals surface area contributed by atoms with Gasteiger partial charge >= 0.3 is 18.3 Å². The van der Waals surface area contributed by atoms with Gasteiger partial charge in [0.25, 0.3) is 5.56 Å². The minimum atomic E-state index is -5.96. The average molecular weight is 463 g/mol. The van der Waals surface area contributed by atoms with Crippen LogP contribution < -0.4 is 16.0 Å². The molecule has 2 N–H and O–H groups in total. The molecule has 31 heavy (non-hydrogen) atoms. The van der Waals surface area contributed by atoms with Crippen LogP contribution in [0.15, 0.2) is 28.3 Å². The lowest BCUT2D eigenvalue weighted by Crippen LogP contribution is -2.39. The summed E-state index contributed by atoms with van der Waals surface area (Å²) in [6.07, 6.45) is -9.98. The lowest BCUT2D eigenvalue weighted by Gasteiger charge is -2.17. The number of alkyl halides is 9. The molecule has 0 amide bonds. The number of allylic oxidation sites excluding steroid dienone is 1. The predicted molar refractivity (Wildman–Crippen MR) is 87.4 cm³/mol. The summed E-state index contributed by atoms with van der Waals surface area (Å²) in [5, 5.41) is 3.45. The number of nitrogens with zero attached hydrogens (tertiary/aromatic N) is 4. The van der Waals surface area contributed by atoms with Gasteiger partial charge in [-0.2, -0.15) is 44.7 Å². The summed E-state index contributed by atoms with van der Waals surface area (Å²) in [7, 11) is 0. The molecule has 170 valence electrons. The molecule has 2 aromatic heterocycles. The van der Waals surface area contributed by atoms with Gasteiger partial charge in [0, 0.05) is 24.1 Å². The summed E-state index contributed by atoms with van der Waals surface area (Å²) in [6.45, 7) is -3.52. The Morgan fingerprint density at radius 2 is 1.84 bits per heavy atom. The highest BCUT2D eigenvalue weighted by molar-refractivity contribution is 6.10. The molecule has 0 atom stereocenters. The molecule has 0 aromatic carbocycles. The highest BCUT2D eigenvalue weighted by Gasteiger charge is 2.57. The first-order valence-corrected chi connectivity index (χ1v) is 7.78. The zero-order valence-electron chi connectivity index (χ0n) is 14.8. The van der Waals surface area contributed by atoms with Crippen LogP contribution in [0.1, 0.15) is 11.3 Å². The van der Waals surface area contributed by atoms with Crippen molar-refractivity contribution in [3.05, 3.63) is 40.1 Å². The first kappa shape index (κ1) is 23.9. The van der Waals surface area contributed by atoms with E-state index in [2.05, 4.69) is 19.8 Å². The van der Waals surface area contributed by atoms with Crippen molar-refractivity contribution in [3.8, 4) is 5.75 Å². The number of nitrogens with two attached hydrogens (primary N) is 1. The number of rotatable bonds is 6. The van der Waals surface area contributed by atoms with Gasteiger partial charge in [-0.3, -0.25) is 9.79 Å². The van der Waals surface area contributed by atoms with Crippen molar-refractivity contribution in [2.75, 3.05) is 13.4 Å². The Morgan fingerprint density at radius 1 is 1.19 bits per heavy atom. The monoisotopic (exact) mass is 463 g/mol. The Kier molecular flexibility index (Phi) is 6.51. The normalized spacial score (nSPS) is 13.9. The van der Waals surface area contributed by atoms with Gasteiger partial charge in [0.2, 0.25) is 6.86 Å². The lowest BCUT2D eigenvalue weighted by molar-refractivity contribution is -0.276. The van der Waals surface area contributed by atoms with Crippen LogP contribution >= 0.6 is 0 Å². The molecule has 0 aliphatic rings. The van der Waals surface area contributed by atoms with Crippen LogP contribution in [0, 0.1) is 0 Å².